The molecular weight excluding hydrogens is 404 g/mol. The van der Waals surface area contributed by atoms with E-state index in [1.165, 1.54) is 16.9 Å². The first-order valence-electron chi connectivity index (χ1n) is 9.66. The Bertz CT molecular complexity index is 937. The minimum absolute atomic E-state index is 0.00915. The van der Waals surface area contributed by atoms with Crippen molar-refractivity contribution in [2.75, 3.05) is 38.0 Å². The number of rotatable bonds is 6. The van der Waals surface area contributed by atoms with Gasteiger partial charge in [0.05, 0.1) is 12.2 Å². The van der Waals surface area contributed by atoms with Crippen LogP contribution in [0, 0.1) is 0 Å². The molecule has 4 rings (SSSR count). The van der Waals surface area contributed by atoms with Gasteiger partial charge in [-0.3, -0.25) is 14.6 Å². The molecule has 2 heterocycles. The molecule has 1 fully saturated rings. The fraction of sp³-hybridized carbons (Fsp3) is 0.273. The Hall–Kier alpha value is -2.25. The Morgan fingerprint density at radius 3 is 2.41 bits per heavy atom. The molecule has 2 aromatic carbocycles. The Morgan fingerprint density at radius 1 is 1.00 bits per heavy atom. The summed E-state index contributed by atoms with van der Waals surface area (Å²) in [5.74, 6) is -0.00915. The van der Waals surface area contributed by atoms with Gasteiger partial charge in [-0.05, 0) is 17.7 Å². The van der Waals surface area contributed by atoms with Crippen LogP contribution < -0.4 is 5.32 Å². The molecule has 1 amide bonds. The molecule has 1 aromatic heterocycles. The van der Waals surface area contributed by atoms with Gasteiger partial charge in [-0.15, -0.1) is 11.3 Å². The topological polar surface area (TPSA) is 48.5 Å². The average Bonchev–Trinajstić information content (AvgIpc) is 3.20. The van der Waals surface area contributed by atoms with Crippen molar-refractivity contribution in [1.29, 1.82) is 0 Å². The minimum Gasteiger partial charge on any atom is -0.301 e. The van der Waals surface area contributed by atoms with Crippen LogP contribution in [0.25, 0.3) is 11.3 Å². The summed E-state index contributed by atoms with van der Waals surface area (Å²) >= 11 is 7.41. The molecule has 1 N–H and O–H groups in total. The Labute approximate surface area is 179 Å². The van der Waals surface area contributed by atoms with E-state index in [1.807, 2.05) is 47.8 Å². The smallest absolute Gasteiger partial charge is 0.240 e. The molecule has 0 radical (unpaired) electrons. The summed E-state index contributed by atoms with van der Waals surface area (Å²) in [7, 11) is 0. The van der Waals surface area contributed by atoms with Crippen LogP contribution in [0.4, 0.5) is 5.13 Å². The molecule has 3 aromatic rings. The molecule has 0 saturated carbocycles. The normalized spacial score (nSPS) is 15.3. The quantitative estimate of drug-likeness (QED) is 0.641. The largest absolute Gasteiger partial charge is 0.301 e. The first-order chi connectivity index (χ1) is 14.2. The van der Waals surface area contributed by atoms with E-state index in [2.05, 4.69) is 32.2 Å². The highest BCUT2D eigenvalue weighted by Crippen LogP contribution is 2.24. The zero-order valence-electron chi connectivity index (χ0n) is 16.1. The van der Waals surface area contributed by atoms with Crippen molar-refractivity contribution in [3.63, 3.8) is 0 Å². The summed E-state index contributed by atoms with van der Waals surface area (Å²) in [6, 6.07) is 18.0. The lowest BCUT2D eigenvalue weighted by molar-refractivity contribution is -0.117. The minimum atomic E-state index is -0.00915. The number of benzene rings is 2. The third-order valence-corrected chi connectivity index (χ3v) is 5.98. The number of thiazole rings is 1. The summed E-state index contributed by atoms with van der Waals surface area (Å²) in [5, 5.41) is 6.32. The molecule has 1 saturated heterocycles. The molecule has 7 heteroatoms. The van der Waals surface area contributed by atoms with Gasteiger partial charge in [-0.2, -0.15) is 0 Å². The van der Waals surface area contributed by atoms with Crippen LogP contribution in [-0.2, 0) is 11.3 Å². The summed E-state index contributed by atoms with van der Waals surface area (Å²) in [4.78, 5) is 21.5. The Kier molecular flexibility index (Phi) is 6.56. The van der Waals surface area contributed by atoms with E-state index >= 15 is 0 Å². The summed E-state index contributed by atoms with van der Waals surface area (Å²) in [5.41, 5.74) is 3.21. The summed E-state index contributed by atoms with van der Waals surface area (Å²) < 4.78 is 0. The van der Waals surface area contributed by atoms with E-state index in [0.717, 1.165) is 49.0 Å². The number of nitrogens with zero attached hydrogens (tertiary/aromatic N) is 3. The number of hydrogen-bond donors (Lipinski definition) is 1. The van der Waals surface area contributed by atoms with E-state index < -0.39 is 0 Å². The summed E-state index contributed by atoms with van der Waals surface area (Å²) in [6.45, 7) is 4.98. The van der Waals surface area contributed by atoms with Crippen molar-refractivity contribution >= 4 is 34.0 Å². The molecule has 0 aliphatic carbocycles. The van der Waals surface area contributed by atoms with Crippen molar-refractivity contribution < 1.29 is 4.79 Å². The lowest BCUT2D eigenvalue weighted by Gasteiger charge is -2.34. The number of halogens is 1. The van der Waals surface area contributed by atoms with Crippen molar-refractivity contribution in [1.82, 2.24) is 14.8 Å². The van der Waals surface area contributed by atoms with Gasteiger partial charge in [0.25, 0.3) is 0 Å². The zero-order valence-corrected chi connectivity index (χ0v) is 17.6. The van der Waals surface area contributed by atoms with Crippen LogP contribution >= 0.6 is 22.9 Å². The van der Waals surface area contributed by atoms with Crippen LogP contribution in [0.15, 0.2) is 60.0 Å². The molecule has 29 heavy (non-hydrogen) atoms. The molecule has 1 aliphatic rings. The second kappa shape index (κ2) is 9.50. The molecule has 0 atom stereocenters. The fourth-order valence-electron chi connectivity index (χ4n) is 3.39. The highest BCUT2D eigenvalue weighted by Gasteiger charge is 2.19. The predicted octanol–water partition coefficient (Wildman–Crippen LogP) is 4.22. The maximum atomic E-state index is 12.4. The van der Waals surface area contributed by atoms with Gasteiger partial charge in [0.1, 0.15) is 0 Å². The van der Waals surface area contributed by atoms with E-state index in [1.54, 1.807) is 0 Å². The average molecular weight is 427 g/mol. The van der Waals surface area contributed by atoms with Crippen LogP contribution in [0.1, 0.15) is 5.56 Å². The fourth-order valence-corrected chi connectivity index (χ4v) is 4.25. The highest BCUT2D eigenvalue weighted by atomic mass is 35.5. The monoisotopic (exact) mass is 426 g/mol. The number of carbonyl (C=O) groups excluding carboxylic acids is 1. The molecule has 0 unspecified atom stereocenters. The van der Waals surface area contributed by atoms with Gasteiger partial charge >= 0.3 is 0 Å². The Morgan fingerprint density at radius 2 is 1.69 bits per heavy atom. The number of nitrogens with one attached hydrogen (secondary N) is 1. The SMILES string of the molecule is O=C(CN1CCN(Cc2ccc(Cl)cc2)CC1)Nc1nc(-c2ccccc2)cs1. The number of anilines is 1. The first kappa shape index (κ1) is 20.0. The van der Waals surface area contributed by atoms with Crippen molar-refractivity contribution in [2.45, 2.75) is 6.54 Å². The van der Waals surface area contributed by atoms with Crippen molar-refractivity contribution in [3.05, 3.63) is 70.6 Å². The zero-order chi connectivity index (χ0) is 20.1. The van der Waals surface area contributed by atoms with Gasteiger partial charge in [0.2, 0.25) is 5.91 Å². The van der Waals surface area contributed by atoms with Gasteiger partial charge < -0.3 is 5.32 Å². The molecule has 0 spiro atoms. The van der Waals surface area contributed by atoms with Crippen LogP contribution in [0.2, 0.25) is 5.02 Å². The maximum Gasteiger partial charge on any atom is 0.240 e. The van der Waals surface area contributed by atoms with Gasteiger partial charge in [-0.1, -0.05) is 54.1 Å². The first-order valence-corrected chi connectivity index (χ1v) is 10.9. The molecule has 1 aliphatic heterocycles. The second-order valence-electron chi connectivity index (χ2n) is 7.13. The third-order valence-electron chi connectivity index (χ3n) is 4.97. The lowest BCUT2D eigenvalue weighted by Crippen LogP contribution is -2.48. The van der Waals surface area contributed by atoms with E-state index in [-0.39, 0.29) is 5.91 Å². The van der Waals surface area contributed by atoms with Crippen LogP contribution in [0.3, 0.4) is 0 Å². The van der Waals surface area contributed by atoms with Gasteiger partial charge in [0, 0.05) is 48.7 Å². The molecule has 150 valence electrons. The molecular formula is C22H23ClN4OS. The lowest BCUT2D eigenvalue weighted by atomic mass is 10.2. The van der Waals surface area contributed by atoms with Gasteiger partial charge in [-0.25, -0.2) is 4.98 Å². The summed E-state index contributed by atoms with van der Waals surface area (Å²) in [6.07, 6.45) is 0. The highest BCUT2D eigenvalue weighted by molar-refractivity contribution is 7.14. The van der Waals surface area contributed by atoms with Crippen molar-refractivity contribution in [2.24, 2.45) is 0 Å². The number of aromatic nitrogens is 1. The van der Waals surface area contributed by atoms with Gasteiger partial charge in [0.15, 0.2) is 5.13 Å². The number of carbonyl (C=O) groups is 1. The van der Waals surface area contributed by atoms with E-state index in [4.69, 9.17) is 11.6 Å². The third kappa shape index (κ3) is 5.64. The molecule has 5 nitrogen and oxygen atoms in total. The Balaban J connectivity index is 1.23. The number of piperazine rings is 1. The van der Waals surface area contributed by atoms with Crippen LogP contribution in [-0.4, -0.2) is 53.4 Å². The maximum absolute atomic E-state index is 12.4. The number of hydrogen-bond acceptors (Lipinski definition) is 5. The second-order valence-corrected chi connectivity index (χ2v) is 8.43. The predicted molar refractivity (Wildman–Crippen MR) is 119 cm³/mol. The van der Waals surface area contributed by atoms with E-state index in [9.17, 15) is 4.79 Å². The molecule has 0 bridgehead atoms. The van der Waals surface area contributed by atoms with Crippen LogP contribution in [0.5, 0.6) is 0 Å². The van der Waals surface area contributed by atoms with Crippen molar-refractivity contribution in [3.8, 4) is 11.3 Å². The number of amides is 1. The standard InChI is InChI=1S/C22H23ClN4OS/c23-19-8-6-17(7-9-19)14-26-10-12-27(13-11-26)15-21(28)25-22-24-20(16-29-22)18-4-2-1-3-5-18/h1-9,16H,10-15H2,(H,24,25,28). The van der Waals surface area contributed by atoms with E-state index in [0.29, 0.717) is 11.7 Å².